The molecule has 0 aliphatic carbocycles. The number of benzene rings is 2. The van der Waals surface area contributed by atoms with Crippen LogP contribution >= 0.6 is 11.6 Å². The summed E-state index contributed by atoms with van der Waals surface area (Å²) >= 11 is 6.03. The number of halogens is 1. The molecule has 1 aliphatic heterocycles. The fraction of sp³-hybridized carbons (Fsp3) is 0.273. The summed E-state index contributed by atoms with van der Waals surface area (Å²) in [5.74, 6) is -0.188. The smallest absolute Gasteiger partial charge is 0.290 e. The summed E-state index contributed by atoms with van der Waals surface area (Å²) < 4.78 is 11.2. The number of methoxy groups -OCH3 is 1. The molecular weight excluding hydrogens is 378 g/mol. The molecule has 144 valence electrons. The Morgan fingerprint density at radius 2 is 1.86 bits per heavy atom. The van der Waals surface area contributed by atoms with Crippen LogP contribution in [-0.2, 0) is 4.74 Å². The minimum atomic E-state index is -0.531. The molecule has 1 aromatic heterocycles. The van der Waals surface area contributed by atoms with E-state index < -0.39 is 6.04 Å². The first kappa shape index (κ1) is 18.7. The average molecular weight is 398 g/mol. The summed E-state index contributed by atoms with van der Waals surface area (Å²) in [5.41, 5.74) is 3.29. The van der Waals surface area contributed by atoms with Gasteiger partial charge in [-0.2, -0.15) is 0 Å². The summed E-state index contributed by atoms with van der Waals surface area (Å²) in [6.45, 7) is 4.52. The molecule has 3 aromatic rings. The van der Waals surface area contributed by atoms with Crippen molar-refractivity contribution < 1.29 is 13.9 Å². The number of fused-ring (bicyclic) bond motifs is 2. The largest absolute Gasteiger partial charge is 0.450 e. The first-order valence-corrected chi connectivity index (χ1v) is 9.43. The number of amides is 1. The summed E-state index contributed by atoms with van der Waals surface area (Å²) in [4.78, 5) is 28.2. The van der Waals surface area contributed by atoms with Crippen LogP contribution in [0.5, 0.6) is 0 Å². The number of hydrogen-bond acceptors (Lipinski definition) is 4. The zero-order valence-corrected chi connectivity index (χ0v) is 16.7. The van der Waals surface area contributed by atoms with Gasteiger partial charge in [0.2, 0.25) is 5.76 Å². The number of ether oxygens (including phenoxy) is 1. The molecule has 1 unspecified atom stereocenters. The van der Waals surface area contributed by atoms with Gasteiger partial charge in [0, 0.05) is 18.7 Å². The fourth-order valence-electron chi connectivity index (χ4n) is 3.89. The summed E-state index contributed by atoms with van der Waals surface area (Å²) in [6.07, 6.45) is 0. The number of nitrogens with zero attached hydrogens (tertiary/aromatic N) is 1. The third-order valence-electron chi connectivity index (χ3n) is 5.12. The molecule has 1 atom stereocenters. The van der Waals surface area contributed by atoms with Gasteiger partial charge in [0.05, 0.1) is 23.6 Å². The maximum Gasteiger partial charge on any atom is 0.290 e. The van der Waals surface area contributed by atoms with Gasteiger partial charge in [-0.25, -0.2) is 0 Å². The third-order valence-corrected chi connectivity index (χ3v) is 5.37. The lowest BCUT2D eigenvalue weighted by atomic mass is 9.97. The van der Waals surface area contributed by atoms with Gasteiger partial charge in [0.25, 0.3) is 5.91 Å². The monoisotopic (exact) mass is 397 g/mol. The highest BCUT2D eigenvalue weighted by molar-refractivity contribution is 6.30. The van der Waals surface area contributed by atoms with Gasteiger partial charge in [-0.3, -0.25) is 9.59 Å². The van der Waals surface area contributed by atoms with Crippen molar-refractivity contribution in [1.82, 2.24) is 4.90 Å². The Hall–Kier alpha value is -2.63. The Morgan fingerprint density at radius 3 is 2.54 bits per heavy atom. The van der Waals surface area contributed by atoms with Crippen LogP contribution < -0.4 is 5.43 Å². The predicted octanol–water partition coefficient (Wildman–Crippen LogP) is 4.25. The molecule has 28 heavy (non-hydrogen) atoms. The van der Waals surface area contributed by atoms with Gasteiger partial charge in [-0.1, -0.05) is 29.8 Å². The Kier molecular flexibility index (Phi) is 4.73. The van der Waals surface area contributed by atoms with Crippen LogP contribution in [0.15, 0.2) is 45.6 Å². The van der Waals surface area contributed by atoms with Gasteiger partial charge < -0.3 is 14.1 Å². The molecule has 1 amide bonds. The highest BCUT2D eigenvalue weighted by Gasteiger charge is 2.42. The molecule has 0 saturated heterocycles. The Balaban J connectivity index is 2.00. The van der Waals surface area contributed by atoms with E-state index in [-0.39, 0.29) is 17.1 Å². The summed E-state index contributed by atoms with van der Waals surface area (Å²) in [6, 6.07) is 10.4. The second-order valence-corrected chi connectivity index (χ2v) is 7.51. The van der Waals surface area contributed by atoms with Crippen LogP contribution in [0.2, 0.25) is 5.02 Å². The third kappa shape index (κ3) is 2.91. The minimum Gasteiger partial charge on any atom is -0.450 e. The van der Waals surface area contributed by atoms with Gasteiger partial charge in [-0.15, -0.1) is 0 Å². The minimum absolute atomic E-state index is 0.112. The topological polar surface area (TPSA) is 59.8 Å². The molecule has 0 radical (unpaired) electrons. The van der Waals surface area contributed by atoms with Crippen LogP contribution in [0.1, 0.15) is 38.9 Å². The van der Waals surface area contributed by atoms with Crippen molar-refractivity contribution in [1.29, 1.82) is 0 Å². The van der Waals surface area contributed by atoms with E-state index in [4.69, 9.17) is 20.8 Å². The van der Waals surface area contributed by atoms with E-state index in [2.05, 4.69) is 0 Å². The van der Waals surface area contributed by atoms with Crippen LogP contribution in [0.4, 0.5) is 0 Å². The van der Waals surface area contributed by atoms with Gasteiger partial charge in [0.15, 0.2) is 5.43 Å². The van der Waals surface area contributed by atoms with Crippen LogP contribution in [0.3, 0.4) is 0 Å². The van der Waals surface area contributed by atoms with E-state index >= 15 is 0 Å². The molecule has 5 nitrogen and oxygen atoms in total. The number of aryl methyl sites for hydroxylation is 2. The molecule has 4 rings (SSSR count). The maximum absolute atomic E-state index is 13.4. The first-order chi connectivity index (χ1) is 13.4. The molecule has 6 heteroatoms. The van der Waals surface area contributed by atoms with Crippen molar-refractivity contribution in [2.75, 3.05) is 20.3 Å². The molecule has 0 N–H and O–H groups in total. The first-order valence-electron chi connectivity index (χ1n) is 9.05. The highest BCUT2D eigenvalue weighted by atomic mass is 35.5. The van der Waals surface area contributed by atoms with Crippen molar-refractivity contribution in [3.63, 3.8) is 0 Å². The zero-order chi connectivity index (χ0) is 20.0. The zero-order valence-electron chi connectivity index (χ0n) is 15.9. The van der Waals surface area contributed by atoms with Crippen LogP contribution in [0.25, 0.3) is 11.0 Å². The summed E-state index contributed by atoms with van der Waals surface area (Å²) in [7, 11) is 1.58. The van der Waals surface area contributed by atoms with E-state index in [0.717, 1.165) is 16.7 Å². The van der Waals surface area contributed by atoms with Crippen molar-refractivity contribution in [2.45, 2.75) is 19.9 Å². The molecule has 0 bridgehead atoms. The molecule has 0 saturated carbocycles. The standard InChI is InChI=1S/C22H20ClNO4/c1-12-10-13(2)20-16(11-12)19(25)17-18(14-4-6-15(23)7-5-14)24(8-9-27-3)22(26)21(17)28-20/h4-7,10-11,18H,8-9H2,1-3H3. The Bertz CT molecular complexity index is 1130. The molecular formula is C22H20ClNO4. The second kappa shape index (κ2) is 7.08. The van der Waals surface area contributed by atoms with Crippen molar-refractivity contribution >= 4 is 28.5 Å². The van der Waals surface area contributed by atoms with Gasteiger partial charge >= 0.3 is 0 Å². The van der Waals surface area contributed by atoms with Crippen LogP contribution in [0, 0.1) is 13.8 Å². The second-order valence-electron chi connectivity index (χ2n) is 7.08. The normalized spacial score (nSPS) is 16.1. The Morgan fingerprint density at radius 1 is 1.14 bits per heavy atom. The molecule has 0 fully saturated rings. The average Bonchev–Trinajstić information content (AvgIpc) is 2.94. The lowest BCUT2D eigenvalue weighted by molar-refractivity contribution is 0.0663. The predicted molar refractivity (Wildman–Crippen MR) is 108 cm³/mol. The fourth-order valence-corrected chi connectivity index (χ4v) is 4.01. The Labute approximate surface area is 167 Å². The number of hydrogen-bond donors (Lipinski definition) is 0. The van der Waals surface area contributed by atoms with E-state index in [9.17, 15) is 9.59 Å². The number of carbonyl (C=O) groups excluding carboxylic acids is 1. The van der Waals surface area contributed by atoms with E-state index in [1.807, 2.05) is 38.1 Å². The lowest BCUT2D eigenvalue weighted by Gasteiger charge is -2.24. The highest BCUT2D eigenvalue weighted by Crippen LogP contribution is 2.38. The van der Waals surface area contributed by atoms with E-state index in [1.165, 1.54) is 0 Å². The maximum atomic E-state index is 13.4. The molecule has 0 spiro atoms. The van der Waals surface area contributed by atoms with Crippen LogP contribution in [-0.4, -0.2) is 31.1 Å². The van der Waals surface area contributed by atoms with Crippen molar-refractivity contribution in [3.8, 4) is 0 Å². The van der Waals surface area contributed by atoms with Crippen molar-refractivity contribution in [2.24, 2.45) is 0 Å². The molecule has 2 heterocycles. The summed E-state index contributed by atoms with van der Waals surface area (Å²) in [5, 5.41) is 1.09. The number of carbonyl (C=O) groups is 1. The SMILES string of the molecule is COCCN1C(=O)c2oc3c(C)cc(C)cc3c(=O)c2C1c1ccc(Cl)cc1. The quantitative estimate of drug-likeness (QED) is 0.660. The van der Waals surface area contributed by atoms with Gasteiger partial charge in [0.1, 0.15) is 5.58 Å². The molecule has 2 aromatic carbocycles. The number of rotatable bonds is 4. The van der Waals surface area contributed by atoms with Crippen molar-refractivity contribution in [3.05, 3.63) is 79.7 Å². The lowest BCUT2D eigenvalue weighted by Crippen LogP contribution is -2.32. The van der Waals surface area contributed by atoms with E-state index in [1.54, 1.807) is 24.1 Å². The molecule has 1 aliphatic rings. The van der Waals surface area contributed by atoms with Gasteiger partial charge in [-0.05, 0) is 48.7 Å². The van der Waals surface area contributed by atoms with E-state index in [0.29, 0.717) is 34.7 Å².